The molecular weight excluding hydrogens is 150 g/mol. The average Bonchev–Trinajstić information content (AvgIpc) is 2.30. The topological polar surface area (TPSA) is 28.0 Å². The fourth-order valence-electron chi connectivity index (χ4n) is 2.53. The Morgan fingerprint density at radius 3 is 2.92 bits per heavy atom. The minimum atomic E-state index is 0.220. The molecule has 3 heteroatoms. The Hall–Kier alpha value is -0.600. The second-order valence-electron chi connectivity index (χ2n) is 4.40. The van der Waals surface area contributed by atoms with Gasteiger partial charge in [0.15, 0.2) is 0 Å². The normalized spacial score (nSPS) is 46.4. The number of hydrogen-bond donors (Lipinski definition) is 0. The fourth-order valence-corrected chi connectivity index (χ4v) is 2.53. The first-order chi connectivity index (χ1) is 5.64. The fraction of sp³-hybridized carbons (Fsp3) is 1.00. The molecule has 2 rings (SSSR count). The summed E-state index contributed by atoms with van der Waals surface area (Å²) in [7, 11) is 2.04. The van der Waals surface area contributed by atoms with Crippen molar-refractivity contribution >= 4 is 0 Å². The van der Waals surface area contributed by atoms with Crippen LogP contribution in [-0.2, 0) is 0 Å². The van der Waals surface area contributed by atoms with E-state index in [0.717, 1.165) is 0 Å². The zero-order valence-corrected chi connectivity index (χ0v) is 8.12. The molecule has 3 atom stereocenters. The Kier molecular flexibility index (Phi) is 1.63. The van der Waals surface area contributed by atoms with Crippen LogP contribution in [0.25, 0.3) is 0 Å². The molecule has 0 amide bonds. The molecule has 1 heterocycles. The first kappa shape index (κ1) is 8.02. The Bertz CT molecular complexity index is 214. The lowest BCUT2D eigenvalue weighted by molar-refractivity contribution is 0.0911. The first-order valence-corrected chi connectivity index (χ1v) is 4.79. The van der Waals surface area contributed by atoms with Crippen LogP contribution in [0.3, 0.4) is 0 Å². The quantitative estimate of drug-likeness (QED) is 0.543. The number of nitrogens with zero attached hydrogens (tertiary/aromatic N) is 3. The highest BCUT2D eigenvalue weighted by Gasteiger charge is 2.47. The summed E-state index contributed by atoms with van der Waals surface area (Å²) in [6.45, 7) is 4.58. The van der Waals surface area contributed by atoms with E-state index in [9.17, 15) is 0 Å². The summed E-state index contributed by atoms with van der Waals surface area (Å²) in [4.78, 5) is 0. The van der Waals surface area contributed by atoms with Crippen molar-refractivity contribution in [3.63, 3.8) is 0 Å². The Morgan fingerprint density at radius 2 is 2.25 bits per heavy atom. The molecule has 3 nitrogen and oxygen atoms in total. The summed E-state index contributed by atoms with van der Waals surface area (Å²) in [6, 6.07) is 0.441. The molecule has 68 valence electrons. The predicted molar refractivity (Wildman–Crippen MR) is 47.8 cm³/mol. The van der Waals surface area contributed by atoms with Crippen LogP contribution in [0.2, 0.25) is 0 Å². The smallest absolute Gasteiger partial charge is 0.1000 e. The predicted octanol–water partition coefficient (Wildman–Crippen LogP) is 2.25. The molecule has 0 bridgehead atoms. The molecular formula is C9H17N3. The van der Waals surface area contributed by atoms with E-state index < -0.39 is 0 Å². The molecule has 0 aromatic heterocycles. The second kappa shape index (κ2) is 2.44. The summed E-state index contributed by atoms with van der Waals surface area (Å²) in [5.74, 6) is 0.706. The molecule has 3 unspecified atom stereocenters. The third-order valence-corrected chi connectivity index (χ3v) is 3.57. The van der Waals surface area contributed by atoms with E-state index in [1.165, 1.54) is 19.3 Å². The first-order valence-electron chi connectivity index (χ1n) is 4.79. The lowest BCUT2D eigenvalue weighted by Crippen LogP contribution is -2.50. The van der Waals surface area contributed by atoms with Gasteiger partial charge in [0.25, 0.3) is 0 Å². The van der Waals surface area contributed by atoms with Crippen LogP contribution in [0.5, 0.6) is 0 Å². The van der Waals surface area contributed by atoms with Crippen molar-refractivity contribution in [1.29, 1.82) is 0 Å². The number of fused-ring (bicyclic) bond motifs is 1. The highest BCUT2D eigenvalue weighted by atomic mass is 15.6. The Balaban J connectivity index is 2.25. The van der Waals surface area contributed by atoms with E-state index in [0.29, 0.717) is 12.0 Å². The molecule has 0 aromatic carbocycles. The van der Waals surface area contributed by atoms with Crippen molar-refractivity contribution in [1.82, 2.24) is 5.01 Å². The lowest BCUT2D eigenvalue weighted by Gasteiger charge is -2.41. The second-order valence-corrected chi connectivity index (χ2v) is 4.40. The van der Waals surface area contributed by atoms with Gasteiger partial charge < -0.3 is 0 Å². The molecule has 1 aliphatic carbocycles. The van der Waals surface area contributed by atoms with Crippen LogP contribution in [0.15, 0.2) is 10.3 Å². The van der Waals surface area contributed by atoms with Crippen LogP contribution >= 0.6 is 0 Å². The molecule has 1 saturated carbocycles. The largest absolute Gasteiger partial charge is 0.274 e. The van der Waals surface area contributed by atoms with Gasteiger partial charge in [0.2, 0.25) is 0 Å². The van der Waals surface area contributed by atoms with E-state index in [2.05, 4.69) is 24.2 Å². The van der Waals surface area contributed by atoms with Crippen molar-refractivity contribution in [2.24, 2.45) is 16.3 Å². The van der Waals surface area contributed by atoms with Gasteiger partial charge in [-0.1, -0.05) is 18.6 Å². The van der Waals surface area contributed by atoms with Crippen LogP contribution in [-0.4, -0.2) is 23.6 Å². The van der Waals surface area contributed by atoms with Gasteiger partial charge in [-0.3, -0.25) is 5.01 Å². The number of likely N-dealkylation sites (N-methyl/N-ethyl adjacent to an activating group) is 1. The molecule has 0 saturated heterocycles. The molecule has 1 fully saturated rings. The summed E-state index contributed by atoms with van der Waals surface area (Å²) in [5.41, 5.74) is 0.220. The summed E-state index contributed by atoms with van der Waals surface area (Å²) < 4.78 is 0. The molecule has 0 spiro atoms. The molecule has 0 aromatic rings. The number of hydrogen-bond acceptors (Lipinski definition) is 3. The zero-order valence-electron chi connectivity index (χ0n) is 8.12. The minimum Gasteiger partial charge on any atom is -0.274 e. The maximum atomic E-state index is 4.34. The van der Waals surface area contributed by atoms with Crippen LogP contribution in [0.1, 0.15) is 33.1 Å². The lowest BCUT2D eigenvalue weighted by atomic mass is 9.73. The maximum absolute atomic E-state index is 4.34. The number of rotatable bonds is 0. The van der Waals surface area contributed by atoms with Gasteiger partial charge in [-0.15, -0.1) is 0 Å². The van der Waals surface area contributed by atoms with E-state index in [4.69, 9.17) is 0 Å². The van der Waals surface area contributed by atoms with Gasteiger partial charge in [-0.25, -0.2) is 0 Å². The summed E-state index contributed by atoms with van der Waals surface area (Å²) in [6.07, 6.45) is 3.88. The van der Waals surface area contributed by atoms with Crippen molar-refractivity contribution in [2.75, 3.05) is 7.05 Å². The van der Waals surface area contributed by atoms with Crippen molar-refractivity contribution < 1.29 is 0 Å². The van der Waals surface area contributed by atoms with E-state index in [-0.39, 0.29) is 5.54 Å². The van der Waals surface area contributed by atoms with E-state index in [1.54, 1.807) is 0 Å². The molecule has 12 heavy (non-hydrogen) atoms. The van der Waals surface area contributed by atoms with Crippen molar-refractivity contribution in [3.8, 4) is 0 Å². The average molecular weight is 167 g/mol. The van der Waals surface area contributed by atoms with Gasteiger partial charge in [0, 0.05) is 7.05 Å². The van der Waals surface area contributed by atoms with E-state index in [1.807, 2.05) is 12.1 Å². The monoisotopic (exact) mass is 167 g/mol. The molecule has 0 radical (unpaired) electrons. The highest BCUT2D eigenvalue weighted by Crippen LogP contribution is 2.41. The minimum absolute atomic E-state index is 0.220. The van der Waals surface area contributed by atoms with Crippen LogP contribution in [0.4, 0.5) is 0 Å². The highest BCUT2D eigenvalue weighted by molar-refractivity contribution is 5.02. The van der Waals surface area contributed by atoms with Crippen LogP contribution in [0, 0.1) is 5.92 Å². The van der Waals surface area contributed by atoms with Gasteiger partial charge in [0.05, 0.1) is 11.6 Å². The van der Waals surface area contributed by atoms with Gasteiger partial charge in [-0.05, 0) is 25.7 Å². The molecule has 0 N–H and O–H groups in total. The van der Waals surface area contributed by atoms with Gasteiger partial charge in [0.1, 0.15) is 0 Å². The van der Waals surface area contributed by atoms with Crippen LogP contribution < -0.4 is 0 Å². The van der Waals surface area contributed by atoms with E-state index >= 15 is 0 Å². The Labute approximate surface area is 73.8 Å². The third kappa shape index (κ3) is 0.883. The SMILES string of the molecule is CC1CCCC2(C)C1N=NN2C. The molecule has 1 aliphatic heterocycles. The standard InChI is InChI=1S/C9H17N3/c1-7-5-4-6-9(2)8(7)10-11-12(9)3/h7-8H,4-6H2,1-3H3. The van der Waals surface area contributed by atoms with Crippen molar-refractivity contribution in [2.45, 2.75) is 44.7 Å². The third-order valence-electron chi connectivity index (χ3n) is 3.57. The van der Waals surface area contributed by atoms with Gasteiger partial charge >= 0.3 is 0 Å². The molecule has 2 aliphatic rings. The van der Waals surface area contributed by atoms with Gasteiger partial charge in [-0.2, -0.15) is 5.11 Å². The maximum Gasteiger partial charge on any atom is 0.1000 e. The zero-order chi connectivity index (χ0) is 8.77. The Morgan fingerprint density at radius 1 is 1.50 bits per heavy atom. The summed E-state index contributed by atoms with van der Waals surface area (Å²) >= 11 is 0. The van der Waals surface area contributed by atoms with Crippen molar-refractivity contribution in [3.05, 3.63) is 0 Å². The summed E-state index contributed by atoms with van der Waals surface area (Å²) in [5, 5.41) is 10.6.